The van der Waals surface area contributed by atoms with Crippen LogP contribution in [0.1, 0.15) is 12.7 Å². The van der Waals surface area contributed by atoms with Crippen molar-refractivity contribution in [1.29, 1.82) is 0 Å². The summed E-state index contributed by atoms with van der Waals surface area (Å²) in [4.78, 5) is 12.5. The molecule has 9 heteroatoms. The third-order valence-electron chi connectivity index (χ3n) is 4.06. The van der Waals surface area contributed by atoms with E-state index in [4.69, 9.17) is 16.3 Å². The first-order chi connectivity index (χ1) is 14.5. The quantitative estimate of drug-likeness (QED) is 0.372. The van der Waals surface area contributed by atoms with Gasteiger partial charge in [0.05, 0.1) is 5.25 Å². The number of anilines is 1. The smallest absolute Gasteiger partial charge is 0.237 e. The Bertz CT molecular complexity index is 1030. The number of aromatic nitrogens is 3. The lowest BCUT2D eigenvalue weighted by molar-refractivity contribution is -0.115. The van der Waals surface area contributed by atoms with Crippen LogP contribution in [-0.4, -0.2) is 25.9 Å². The summed E-state index contributed by atoms with van der Waals surface area (Å²) in [5.41, 5.74) is 0.656. The standard InChI is InChI=1S/C21H20ClFN4O2S/c1-3-12-27-19(13-29-18-7-5-4-6-17(18)23)25-26-21(27)30-14(2)20(28)24-16-10-8-15(22)9-11-16/h3-11,14H,1,12-13H2,2H3,(H,24,28). The normalized spacial score (nSPS) is 11.7. The number of rotatable bonds is 9. The molecule has 3 aromatic rings. The maximum atomic E-state index is 13.8. The number of allylic oxidation sites excluding steroid dienone is 1. The second kappa shape index (κ2) is 10.3. The van der Waals surface area contributed by atoms with Crippen LogP contribution in [0.3, 0.4) is 0 Å². The van der Waals surface area contributed by atoms with E-state index in [1.54, 1.807) is 60.0 Å². The molecule has 6 nitrogen and oxygen atoms in total. The highest BCUT2D eigenvalue weighted by molar-refractivity contribution is 8.00. The number of benzene rings is 2. The number of carbonyl (C=O) groups is 1. The summed E-state index contributed by atoms with van der Waals surface area (Å²) in [6.45, 7) is 5.99. The largest absolute Gasteiger partial charge is 0.483 e. The van der Waals surface area contributed by atoms with Gasteiger partial charge in [-0.2, -0.15) is 0 Å². The number of nitrogens with zero attached hydrogens (tertiary/aromatic N) is 3. The average Bonchev–Trinajstić information content (AvgIpc) is 3.10. The summed E-state index contributed by atoms with van der Waals surface area (Å²) in [6.07, 6.45) is 1.69. The van der Waals surface area contributed by atoms with E-state index in [9.17, 15) is 9.18 Å². The first-order valence-electron chi connectivity index (χ1n) is 9.11. The van der Waals surface area contributed by atoms with Crippen LogP contribution in [-0.2, 0) is 17.9 Å². The third-order valence-corrected chi connectivity index (χ3v) is 5.39. The van der Waals surface area contributed by atoms with Crippen LogP contribution in [0.25, 0.3) is 0 Å². The highest BCUT2D eigenvalue weighted by atomic mass is 35.5. The molecule has 1 unspecified atom stereocenters. The fourth-order valence-corrected chi connectivity index (χ4v) is 3.52. The van der Waals surface area contributed by atoms with E-state index in [0.29, 0.717) is 28.2 Å². The molecule has 1 N–H and O–H groups in total. The fraction of sp³-hybridized carbons (Fsp3) is 0.190. The van der Waals surface area contributed by atoms with Crippen molar-refractivity contribution in [1.82, 2.24) is 14.8 Å². The molecule has 0 fully saturated rings. The molecule has 0 saturated heterocycles. The lowest BCUT2D eigenvalue weighted by Crippen LogP contribution is -2.23. The molecule has 0 spiro atoms. The second-order valence-corrected chi connectivity index (χ2v) is 8.02. The Morgan fingerprint density at radius 3 is 2.73 bits per heavy atom. The zero-order valence-electron chi connectivity index (χ0n) is 16.2. The minimum Gasteiger partial charge on any atom is -0.483 e. The number of hydrogen-bond donors (Lipinski definition) is 1. The number of nitrogens with one attached hydrogen (secondary N) is 1. The molecule has 1 amide bonds. The zero-order chi connectivity index (χ0) is 21.5. The predicted octanol–water partition coefficient (Wildman–Crippen LogP) is 4.95. The van der Waals surface area contributed by atoms with Crippen LogP contribution in [0.5, 0.6) is 5.75 Å². The van der Waals surface area contributed by atoms with Crippen LogP contribution in [0.4, 0.5) is 10.1 Å². The lowest BCUT2D eigenvalue weighted by Gasteiger charge is -2.13. The van der Waals surface area contributed by atoms with E-state index in [2.05, 4.69) is 22.1 Å². The monoisotopic (exact) mass is 446 g/mol. The highest BCUT2D eigenvalue weighted by Crippen LogP contribution is 2.25. The summed E-state index contributed by atoms with van der Waals surface area (Å²) in [7, 11) is 0. The number of ether oxygens (including phenoxy) is 1. The summed E-state index contributed by atoms with van der Waals surface area (Å²) in [5.74, 6) is 0.00976. The van der Waals surface area contributed by atoms with E-state index in [1.165, 1.54) is 17.8 Å². The number of para-hydroxylation sites is 1. The molecule has 1 aromatic heterocycles. The van der Waals surface area contributed by atoms with Gasteiger partial charge in [0.15, 0.2) is 22.5 Å². The van der Waals surface area contributed by atoms with Crippen LogP contribution in [0, 0.1) is 5.82 Å². The van der Waals surface area contributed by atoms with E-state index < -0.39 is 11.1 Å². The minimum absolute atomic E-state index is 0.0354. The van der Waals surface area contributed by atoms with E-state index in [1.807, 2.05) is 0 Å². The number of amides is 1. The maximum absolute atomic E-state index is 13.8. The highest BCUT2D eigenvalue weighted by Gasteiger charge is 2.20. The van der Waals surface area contributed by atoms with Crippen molar-refractivity contribution in [3.05, 3.63) is 77.9 Å². The summed E-state index contributed by atoms with van der Waals surface area (Å²) < 4.78 is 21.1. The van der Waals surface area contributed by atoms with Gasteiger partial charge in [0.25, 0.3) is 0 Å². The van der Waals surface area contributed by atoms with Gasteiger partial charge in [-0.25, -0.2) is 4.39 Å². The fourth-order valence-electron chi connectivity index (χ4n) is 2.52. The molecular weight excluding hydrogens is 427 g/mol. The predicted molar refractivity (Wildman–Crippen MR) is 116 cm³/mol. The molecule has 0 aliphatic rings. The van der Waals surface area contributed by atoms with E-state index in [-0.39, 0.29) is 18.3 Å². The van der Waals surface area contributed by atoms with Gasteiger partial charge in [0.1, 0.15) is 6.61 Å². The molecule has 0 aliphatic heterocycles. The van der Waals surface area contributed by atoms with Crippen LogP contribution in [0.15, 0.2) is 66.3 Å². The van der Waals surface area contributed by atoms with Gasteiger partial charge in [-0.05, 0) is 43.3 Å². The number of thioether (sulfide) groups is 1. The van der Waals surface area contributed by atoms with Gasteiger partial charge in [-0.15, -0.1) is 16.8 Å². The van der Waals surface area contributed by atoms with Crippen molar-refractivity contribution in [2.24, 2.45) is 0 Å². The first kappa shape index (κ1) is 21.9. The number of halogens is 2. The molecule has 0 bridgehead atoms. The number of hydrogen-bond acceptors (Lipinski definition) is 5. The van der Waals surface area contributed by atoms with Crippen molar-refractivity contribution in [3.8, 4) is 5.75 Å². The number of carbonyl (C=O) groups excluding carboxylic acids is 1. The molecule has 3 rings (SSSR count). The molecule has 2 aromatic carbocycles. The van der Waals surface area contributed by atoms with Gasteiger partial charge in [-0.1, -0.05) is 41.6 Å². The minimum atomic E-state index is -0.450. The second-order valence-electron chi connectivity index (χ2n) is 6.27. The van der Waals surface area contributed by atoms with Crippen molar-refractivity contribution >= 4 is 35.0 Å². The molecule has 0 aliphatic carbocycles. The molecule has 1 heterocycles. The Kier molecular flexibility index (Phi) is 7.48. The summed E-state index contributed by atoms with van der Waals surface area (Å²) in [5, 5.41) is 11.8. The van der Waals surface area contributed by atoms with Crippen LogP contribution < -0.4 is 10.1 Å². The lowest BCUT2D eigenvalue weighted by atomic mass is 10.3. The Morgan fingerprint density at radius 2 is 2.03 bits per heavy atom. The maximum Gasteiger partial charge on any atom is 0.237 e. The summed E-state index contributed by atoms with van der Waals surface area (Å²) >= 11 is 7.13. The van der Waals surface area contributed by atoms with Crippen LogP contribution in [0.2, 0.25) is 5.02 Å². The first-order valence-corrected chi connectivity index (χ1v) is 10.4. The molecule has 30 heavy (non-hydrogen) atoms. The Balaban J connectivity index is 1.67. The Morgan fingerprint density at radius 1 is 1.30 bits per heavy atom. The molecule has 156 valence electrons. The van der Waals surface area contributed by atoms with E-state index in [0.717, 1.165) is 0 Å². The molecule has 0 saturated carbocycles. The van der Waals surface area contributed by atoms with Crippen molar-refractivity contribution in [2.75, 3.05) is 5.32 Å². The van der Waals surface area contributed by atoms with Crippen LogP contribution >= 0.6 is 23.4 Å². The Labute approximate surface area is 183 Å². The van der Waals surface area contributed by atoms with Gasteiger partial charge >= 0.3 is 0 Å². The molecule has 0 radical (unpaired) electrons. The Hall–Kier alpha value is -2.84. The molecular formula is C21H20ClFN4O2S. The van der Waals surface area contributed by atoms with Gasteiger partial charge in [-0.3, -0.25) is 9.36 Å². The third kappa shape index (κ3) is 5.61. The van der Waals surface area contributed by atoms with E-state index >= 15 is 0 Å². The van der Waals surface area contributed by atoms with Crippen molar-refractivity contribution in [3.63, 3.8) is 0 Å². The summed E-state index contributed by atoms with van der Waals surface area (Å²) in [6, 6.07) is 13.0. The van der Waals surface area contributed by atoms with Gasteiger partial charge in [0.2, 0.25) is 5.91 Å². The topological polar surface area (TPSA) is 69.0 Å². The SMILES string of the molecule is C=CCn1c(COc2ccccc2F)nnc1SC(C)C(=O)Nc1ccc(Cl)cc1. The van der Waals surface area contributed by atoms with Crippen molar-refractivity contribution in [2.45, 2.75) is 30.5 Å². The molecule has 1 atom stereocenters. The average molecular weight is 447 g/mol. The van der Waals surface area contributed by atoms with Crippen molar-refractivity contribution < 1.29 is 13.9 Å². The zero-order valence-corrected chi connectivity index (χ0v) is 17.8. The van der Waals surface area contributed by atoms with Gasteiger partial charge < -0.3 is 10.1 Å². The van der Waals surface area contributed by atoms with Gasteiger partial charge in [0, 0.05) is 17.3 Å².